The Balaban J connectivity index is 2.39. The minimum atomic E-state index is 0.160. The second kappa shape index (κ2) is 3.81. The van der Waals surface area contributed by atoms with Crippen molar-refractivity contribution in [3.8, 4) is 0 Å². The lowest BCUT2D eigenvalue weighted by Crippen LogP contribution is -2.41. The van der Waals surface area contributed by atoms with Crippen LogP contribution in [0.15, 0.2) is 0 Å². The van der Waals surface area contributed by atoms with E-state index in [9.17, 15) is 0 Å². The molecule has 0 amide bonds. The first-order chi connectivity index (χ1) is 7.39. The number of aromatic nitrogens is 1. The molecule has 1 aliphatic carbocycles. The zero-order valence-corrected chi connectivity index (χ0v) is 11.6. The monoisotopic (exact) mass is 238 g/mol. The van der Waals surface area contributed by atoms with Crippen molar-refractivity contribution in [3.63, 3.8) is 0 Å². The summed E-state index contributed by atoms with van der Waals surface area (Å²) in [7, 11) is 0. The summed E-state index contributed by atoms with van der Waals surface area (Å²) >= 11 is 1.88. The summed E-state index contributed by atoms with van der Waals surface area (Å²) in [6, 6.07) is 0. The van der Waals surface area contributed by atoms with Gasteiger partial charge in [-0.3, -0.25) is 0 Å². The first-order valence-corrected chi connectivity index (χ1v) is 6.89. The maximum absolute atomic E-state index is 5.97. The molecule has 0 unspecified atom stereocenters. The Hall–Kier alpha value is -0.410. The molecule has 1 heterocycles. The molecule has 0 bridgehead atoms. The highest BCUT2D eigenvalue weighted by Crippen LogP contribution is 2.47. The van der Waals surface area contributed by atoms with E-state index < -0.39 is 0 Å². The summed E-state index contributed by atoms with van der Waals surface area (Å²) in [5, 5.41) is 1.25. The SMILES string of the molecule is Cc1nc(C(C)(C)C)sc1C1(CN)CCC1. The van der Waals surface area contributed by atoms with Gasteiger partial charge in [-0.15, -0.1) is 11.3 Å². The third-order valence-electron chi connectivity index (χ3n) is 3.62. The van der Waals surface area contributed by atoms with Gasteiger partial charge >= 0.3 is 0 Å². The van der Waals surface area contributed by atoms with E-state index in [1.54, 1.807) is 0 Å². The van der Waals surface area contributed by atoms with Crippen molar-refractivity contribution in [2.24, 2.45) is 5.73 Å². The zero-order valence-electron chi connectivity index (χ0n) is 10.8. The fourth-order valence-electron chi connectivity index (χ4n) is 2.34. The topological polar surface area (TPSA) is 38.9 Å². The predicted octanol–water partition coefficient (Wildman–Crippen LogP) is 3.13. The highest BCUT2D eigenvalue weighted by molar-refractivity contribution is 7.12. The quantitative estimate of drug-likeness (QED) is 0.859. The summed E-state index contributed by atoms with van der Waals surface area (Å²) < 4.78 is 0. The maximum atomic E-state index is 5.97. The van der Waals surface area contributed by atoms with Gasteiger partial charge < -0.3 is 5.73 Å². The van der Waals surface area contributed by atoms with Gasteiger partial charge in [-0.1, -0.05) is 27.2 Å². The number of aryl methyl sites for hydroxylation is 1. The maximum Gasteiger partial charge on any atom is 0.0984 e. The van der Waals surface area contributed by atoms with E-state index >= 15 is 0 Å². The van der Waals surface area contributed by atoms with Gasteiger partial charge in [-0.05, 0) is 19.8 Å². The molecule has 1 aliphatic rings. The van der Waals surface area contributed by atoms with E-state index in [0.717, 1.165) is 6.54 Å². The molecule has 16 heavy (non-hydrogen) atoms. The smallest absolute Gasteiger partial charge is 0.0984 e. The molecule has 1 saturated carbocycles. The Labute approximate surface area is 102 Å². The van der Waals surface area contributed by atoms with Crippen molar-refractivity contribution in [2.45, 2.75) is 57.8 Å². The normalized spacial score (nSPS) is 19.6. The van der Waals surface area contributed by atoms with Crippen LogP contribution in [-0.4, -0.2) is 11.5 Å². The fourth-order valence-corrected chi connectivity index (χ4v) is 3.72. The number of nitrogens with zero attached hydrogens (tertiary/aromatic N) is 1. The Morgan fingerprint density at radius 3 is 2.31 bits per heavy atom. The van der Waals surface area contributed by atoms with Crippen LogP contribution in [0.1, 0.15) is 55.6 Å². The standard InChI is InChI=1S/C13H22N2S/c1-9-10(13(8-14)6-5-7-13)16-11(15-9)12(2,3)4/h5-8,14H2,1-4H3. The predicted molar refractivity (Wildman–Crippen MR) is 70.1 cm³/mol. The third-order valence-corrected chi connectivity index (χ3v) is 5.45. The van der Waals surface area contributed by atoms with Crippen molar-refractivity contribution in [3.05, 3.63) is 15.6 Å². The van der Waals surface area contributed by atoms with Crippen molar-refractivity contribution in [1.29, 1.82) is 0 Å². The molecule has 1 fully saturated rings. The van der Waals surface area contributed by atoms with Gasteiger partial charge in [-0.2, -0.15) is 0 Å². The number of hydrogen-bond acceptors (Lipinski definition) is 3. The van der Waals surface area contributed by atoms with Crippen molar-refractivity contribution < 1.29 is 0 Å². The number of hydrogen-bond donors (Lipinski definition) is 1. The zero-order chi connectivity index (χ0) is 12.0. The lowest BCUT2D eigenvalue weighted by atomic mass is 9.67. The van der Waals surface area contributed by atoms with Crippen LogP contribution in [0.2, 0.25) is 0 Å². The Bertz CT molecular complexity index is 378. The molecule has 0 saturated heterocycles. The molecule has 1 aromatic rings. The Morgan fingerprint density at radius 2 is 2.00 bits per heavy atom. The van der Waals surface area contributed by atoms with Gasteiger partial charge in [0.25, 0.3) is 0 Å². The lowest BCUT2D eigenvalue weighted by Gasteiger charge is -2.40. The Morgan fingerprint density at radius 1 is 1.38 bits per heavy atom. The van der Waals surface area contributed by atoms with Crippen LogP contribution >= 0.6 is 11.3 Å². The van der Waals surface area contributed by atoms with E-state index in [1.165, 1.54) is 34.8 Å². The molecule has 2 rings (SSSR count). The van der Waals surface area contributed by atoms with Crippen LogP contribution in [0.4, 0.5) is 0 Å². The molecular weight excluding hydrogens is 216 g/mol. The third kappa shape index (κ3) is 1.80. The summed E-state index contributed by atoms with van der Waals surface area (Å²) in [5.74, 6) is 0. The van der Waals surface area contributed by atoms with Crippen molar-refractivity contribution in [2.75, 3.05) is 6.54 Å². The minimum absolute atomic E-state index is 0.160. The van der Waals surface area contributed by atoms with E-state index in [1.807, 2.05) is 11.3 Å². The van der Waals surface area contributed by atoms with Crippen LogP contribution in [0.5, 0.6) is 0 Å². The summed E-state index contributed by atoms with van der Waals surface area (Å²) in [4.78, 5) is 6.19. The van der Waals surface area contributed by atoms with Gasteiger partial charge in [0.1, 0.15) is 0 Å². The molecule has 3 heteroatoms. The highest BCUT2D eigenvalue weighted by atomic mass is 32.1. The summed E-state index contributed by atoms with van der Waals surface area (Å²) in [5.41, 5.74) is 7.60. The molecule has 1 aromatic heterocycles. The van der Waals surface area contributed by atoms with Crippen LogP contribution in [-0.2, 0) is 10.8 Å². The van der Waals surface area contributed by atoms with Crippen molar-refractivity contribution in [1.82, 2.24) is 4.98 Å². The molecule has 90 valence electrons. The van der Waals surface area contributed by atoms with Gasteiger partial charge in [0, 0.05) is 22.3 Å². The molecular formula is C13H22N2S. The molecule has 0 radical (unpaired) electrons. The highest BCUT2D eigenvalue weighted by Gasteiger charge is 2.41. The fraction of sp³-hybridized carbons (Fsp3) is 0.769. The van der Waals surface area contributed by atoms with Crippen LogP contribution < -0.4 is 5.73 Å². The Kier molecular flexibility index (Phi) is 2.87. The summed E-state index contributed by atoms with van der Waals surface area (Å²) in [6.07, 6.45) is 3.81. The average molecular weight is 238 g/mol. The largest absolute Gasteiger partial charge is 0.330 e. The van der Waals surface area contributed by atoms with Gasteiger partial charge in [0.15, 0.2) is 0 Å². The molecule has 0 aromatic carbocycles. The molecule has 2 nitrogen and oxygen atoms in total. The van der Waals surface area contributed by atoms with Crippen LogP contribution in [0, 0.1) is 6.92 Å². The second-order valence-electron chi connectivity index (χ2n) is 6.02. The number of thiazole rings is 1. The molecule has 0 aliphatic heterocycles. The van der Waals surface area contributed by atoms with Gasteiger partial charge in [-0.25, -0.2) is 4.98 Å². The van der Waals surface area contributed by atoms with E-state index in [2.05, 4.69) is 27.7 Å². The van der Waals surface area contributed by atoms with Gasteiger partial charge in [0.2, 0.25) is 0 Å². The first-order valence-electron chi connectivity index (χ1n) is 6.07. The van der Waals surface area contributed by atoms with Crippen molar-refractivity contribution >= 4 is 11.3 Å². The van der Waals surface area contributed by atoms with E-state index in [0.29, 0.717) is 0 Å². The first kappa shape index (κ1) is 12.1. The molecule has 0 spiro atoms. The summed E-state index contributed by atoms with van der Waals surface area (Å²) in [6.45, 7) is 9.59. The van der Waals surface area contributed by atoms with Gasteiger partial charge in [0.05, 0.1) is 10.7 Å². The lowest BCUT2D eigenvalue weighted by molar-refractivity contribution is 0.257. The number of rotatable bonds is 2. The second-order valence-corrected chi connectivity index (χ2v) is 7.02. The number of nitrogens with two attached hydrogens (primary N) is 1. The van der Waals surface area contributed by atoms with Crippen LogP contribution in [0.3, 0.4) is 0 Å². The minimum Gasteiger partial charge on any atom is -0.330 e. The van der Waals surface area contributed by atoms with E-state index in [4.69, 9.17) is 10.7 Å². The molecule has 0 atom stereocenters. The van der Waals surface area contributed by atoms with E-state index in [-0.39, 0.29) is 10.8 Å². The van der Waals surface area contributed by atoms with Crippen LogP contribution in [0.25, 0.3) is 0 Å². The molecule has 2 N–H and O–H groups in total. The average Bonchev–Trinajstić information content (AvgIpc) is 2.47.